The lowest BCUT2D eigenvalue weighted by Crippen LogP contribution is -2.48. The Morgan fingerprint density at radius 1 is 1.31 bits per heavy atom. The molecule has 3 heteroatoms. The van der Waals surface area contributed by atoms with Crippen molar-refractivity contribution in [1.29, 1.82) is 0 Å². The Bertz CT molecular complexity index is 348. The van der Waals surface area contributed by atoms with E-state index < -0.39 is 0 Å². The molecule has 0 bridgehead atoms. The minimum atomic E-state index is 0.442. The highest BCUT2D eigenvalue weighted by molar-refractivity contribution is 5.36. The molecule has 1 aromatic rings. The fourth-order valence-corrected chi connectivity index (χ4v) is 2.40. The van der Waals surface area contributed by atoms with Gasteiger partial charge in [-0.1, -0.05) is 18.2 Å². The zero-order chi connectivity index (χ0) is 11.5. The van der Waals surface area contributed by atoms with Crippen LogP contribution in [0.15, 0.2) is 24.3 Å². The van der Waals surface area contributed by atoms with Crippen molar-refractivity contribution in [3.8, 4) is 5.75 Å². The summed E-state index contributed by atoms with van der Waals surface area (Å²) in [5.41, 5.74) is 1.29. The van der Waals surface area contributed by atoms with Gasteiger partial charge in [0.15, 0.2) is 0 Å². The molecule has 1 saturated heterocycles. The molecule has 0 saturated carbocycles. The summed E-state index contributed by atoms with van der Waals surface area (Å²) >= 11 is 0. The van der Waals surface area contributed by atoms with Gasteiger partial charge in [0.1, 0.15) is 5.75 Å². The first-order valence-electron chi connectivity index (χ1n) is 5.74. The van der Waals surface area contributed by atoms with E-state index in [0.717, 1.165) is 18.8 Å². The highest BCUT2D eigenvalue weighted by Crippen LogP contribution is 2.34. The molecule has 1 heterocycles. The third-order valence-corrected chi connectivity index (χ3v) is 3.27. The molecule has 1 aliphatic rings. The quantitative estimate of drug-likeness (QED) is 0.832. The van der Waals surface area contributed by atoms with Crippen molar-refractivity contribution < 1.29 is 4.74 Å². The van der Waals surface area contributed by atoms with Crippen LogP contribution in [0.5, 0.6) is 5.75 Å². The molecule has 16 heavy (non-hydrogen) atoms. The van der Waals surface area contributed by atoms with E-state index in [4.69, 9.17) is 4.74 Å². The molecule has 1 N–H and O–H groups in total. The normalized spacial score (nSPS) is 18.2. The Kier molecular flexibility index (Phi) is 3.46. The van der Waals surface area contributed by atoms with Crippen molar-refractivity contribution >= 4 is 0 Å². The van der Waals surface area contributed by atoms with E-state index >= 15 is 0 Å². The van der Waals surface area contributed by atoms with E-state index in [1.165, 1.54) is 5.56 Å². The molecule has 88 valence electrons. The minimum absolute atomic E-state index is 0.442. The second kappa shape index (κ2) is 4.85. The van der Waals surface area contributed by atoms with Crippen LogP contribution in [0.25, 0.3) is 0 Å². The third-order valence-electron chi connectivity index (χ3n) is 3.27. The number of nitrogens with zero attached hydrogens (tertiary/aromatic N) is 1. The number of para-hydroxylation sites is 1. The van der Waals surface area contributed by atoms with Crippen molar-refractivity contribution in [2.24, 2.45) is 5.92 Å². The summed E-state index contributed by atoms with van der Waals surface area (Å²) in [6.07, 6.45) is 0. The first kappa shape index (κ1) is 11.4. The van der Waals surface area contributed by atoms with Crippen LogP contribution < -0.4 is 10.1 Å². The summed E-state index contributed by atoms with van der Waals surface area (Å²) in [5, 5.41) is 3.34. The number of ether oxygens (including phenoxy) is 1. The molecule has 2 rings (SSSR count). The van der Waals surface area contributed by atoms with Gasteiger partial charge in [-0.2, -0.15) is 0 Å². The smallest absolute Gasteiger partial charge is 0.123 e. The van der Waals surface area contributed by atoms with Gasteiger partial charge in [0.2, 0.25) is 0 Å². The zero-order valence-corrected chi connectivity index (χ0v) is 10.2. The van der Waals surface area contributed by atoms with Gasteiger partial charge in [0.25, 0.3) is 0 Å². The zero-order valence-electron chi connectivity index (χ0n) is 10.2. The first-order valence-corrected chi connectivity index (χ1v) is 5.74. The highest BCUT2D eigenvalue weighted by atomic mass is 16.5. The van der Waals surface area contributed by atoms with Crippen molar-refractivity contribution in [1.82, 2.24) is 10.2 Å². The maximum atomic E-state index is 5.45. The molecule has 0 aromatic heterocycles. The number of benzene rings is 1. The Labute approximate surface area is 97.4 Å². The molecule has 0 amide bonds. The summed E-state index contributed by atoms with van der Waals surface area (Å²) in [7, 11) is 6.01. The lowest BCUT2D eigenvalue weighted by Gasteiger charge is -2.39. The Morgan fingerprint density at radius 3 is 2.50 bits per heavy atom. The molecule has 3 nitrogen and oxygen atoms in total. The van der Waals surface area contributed by atoms with Gasteiger partial charge in [0.05, 0.1) is 7.11 Å². The molecule has 1 unspecified atom stereocenters. The van der Waals surface area contributed by atoms with E-state index in [9.17, 15) is 0 Å². The van der Waals surface area contributed by atoms with Gasteiger partial charge in [0, 0.05) is 30.6 Å². The van der Waals surface area contributed by atoms with E-state index in [0.29, 0.717) is 12.0 Å². The van der Waals surface area contributed by atoms with Crippen molar-refractivity contribution in [2.45, 2.75) is 6.04 Å². The number of rotatable bonds is 4. The van der Waals surface area contributed by atoms with E-state index in [1.54, 1.807) is 7.11 Å². The van der Waals surface area contributed by atoms with Gasteiger partial charge in [-0.3, -0.25) is 0 Å². The Morgan fingerprint density at radius 2 is 2.00 bits per heavy atom. The van der Waals surface area contributed by atoms with E-state index in [-0.39, 0.29) is 0 Å². The number of nitrogens with one attached hydrogen (secondary N) is 1. The van der Waals surface area contributed by atoms with Gasteiger partial charge in [-0.05, 0) is 20.2 Å². The number of hydrogen-bond acceptors (Lipinski definition) is 3. The predicted molar refractivity (Wildman–Crippen MR) is 65.8 cm³/mol. The predicted octanol–water partition coefficient (Wildman–Crippen LogP) is 1.52. The summed E-state index contributed by atoms with van der Waals surface area (Å²) < 4.78 is 5.45. The van der Waals surface area contributed by atoms with Crippen molar-refractivity contribution in [3.63, 3.8) is 0 Å². The monoisotopic (exact) mass is 220 g/mol. The molecular formula is C13H20N2O. The summed E-state index contributed by atoms with van der Waals surface area (Å²) in [4.78, 5) is 2.28. The van der Waals surface area contributed by atoms with Crippen LogP contribution >= 0.6 is 0 Å². The Balaban J connectivity index is 2.30. The highest BCUT2D eigenvalue weighted by Gasteiger charge is 2.31. The topological polar surface area (TPSA) is 24.5 Å². The fraction of sp³-hybridized carbons (Fsp3) is 0.538. The van der Waals surface area contributed by atoms with Crippen LogP contribution in [-0.4, -0.2) is 39.2 Å². The average Bonchev–Trinajstić information content (AvgIpc) is 2.22. The summed E-state index contributed by atoms with van der Waals surface area (Å²) in [6.45, 7) is 2.20. The largest absolute Gasteiger partial charge is 0.496 e. The van der Waals surface area contributed by atoms with Crippen LogP contribution in [0.1, 0.15) is 11.6 Å². The van der Waals surface area contributed by atoms with E-state index in [2.05, 4.69) is 36.4 Å². The average molecular weight is 220 g/mol. The molecule has 0 radical (unpaired) electrons. The van der Waals surface area contributed by atoms with E-state index in [1.807, 2.05) is 12.1 Å². The van der Waals surface area contributed by atoms with Crippen LogP contribution in [0.2, 0.25) is 0 Å². The summed E-state index contributed by atoms with van der Waals surface area (Å²) in [6, 6.07) is 8.76. The fourth-order valence-electron chi connectivity index (χ4n) is 2.40. The van der Waals surface area contributed by atoms with Gasteiger partial charge in [-0.15, -0.1) is 0 Å². The molecule has 1 aromatic carbocycles. The van der Waals surface area contributed by atoms with Crippen LogP contribution in [-0.2, 0) is 0 Å². The maximum absolute atomic E-state index is 5.45. The Hall–Kier alpha value is -1.06. The maximum Gasteiger partial charge on any atom is 0.123 e. The second-order valence-electron chi connectivity index (χ2n) is 4.57. The molecule has 0 spiro atoms. The van der Waals surface area contributed by atoms with Crippen molar-refractivity contribution in [3.05, 3.63) is 29.8 Å². The lowest BCUT2D eigenvalue weighted by molar-refractivity contribution is 0.157. The standard InChI is InChI=1S/C13H20N2O/c1-15(2)13(10-8-14-9-10)11-6-4-5-7-12(11)16-3/h4-7,10,13-14H,8-9H2,1-3H3. The van der Waals surface area contributed by atoms with Crippen LogP contribution in [0.4, 0.5) is 0 Å². The number of methoxy groups -OCH3 is 1. The SMILES string of the molecule is COc1ccccc1C(C1CNC1)N(C)C. The molecule has 1 aliphatic heterocycles. The van der Waals surface area contributed by atoms with Crippen LogP contribution in [0, 0.1) is 5.92 Å². The van der Waals surface area contributed by atoms with Gasteiger partial charge < -0.3 is 15.0 Å². The van der Waals surface area contributed by atoms with Crippen LogP contribution in [0.3, 0.4) is 0 Å². The molecule has 0 aliphatic carbocycles. The van der Waals surface area contributed by atoms with Gasteiger partial charge in [-0.25, -0.2) is 0 Å². The molecule has 1 fully saturated rings. The summed E-state index contributed by atoms with van der Waals surface area (Å²) in [5.74, 6) is 1.68. The lowest BCUT2D eigenvalue weighted by atomic mass is 9.87. The molecule has 1 atom stereocenters. The molecular weight excluding hydrogens is 200 g/mol. The first-order chi connectivity index (χ1) is 7.74. The minimum Gasteiger partial charge on any atom is -0.496 e. The van der Waals surface area contributed by atoms with Crippen molar-refractivity contribution in [2.75, 3.05) is 34.3 Å². The number of hydrogen-bond donors (Lipinski definition) is 1. The third kappa shape index (κ3) is 2.06. The van der Waals surface area contributed by atoms with Gasteiger partial charge >= 0.3 is 0 Å². The second-order valence-corrected chi connectivity index (χ2v) is 4.57.